The highest BCUT2D eigenvalue weighted by Gasteiger charge is 2.54. The van der Waals surface area contributed by atoms with Gasteiger partial charge in [-0.2, -0.15) is 5.26 Å². The van der Waals surface area contributed by atoms with Crippen molar-refractivity contribution in [2.75, 3.05) is 13.1 Å². The van der Waals surface area contributed by atoms with Crippen LogP contribution in [-0.4, -0.2) is 46.6 Å². The van der Waals surface area contributed by atoms with Crippen LogP contribution in [0.15, 0.2) is 24.3 Å². The fourth-order valence-corrected chi connectivity index (χ4v) is 6.82. The largest absolute Gasteiger partial charge is 0.477 e. The Morgan fingerprint density at radius 3 is 2.56 bits per heavy atom. The number of nitrogens with zero attached hydrogens (tertiary/aromatic N) is 2. The van der Waals surface area contributed by atoms with Gasteiger partial charge in [-0.25, -0.2) is 4.79 Å². The van der Waals surface area contributed by atoms with Crippen LogP contribution in [0.4, 0.5) is 0 Å². The van der Waals surface area contributed by atoms with Gasteiger partial charge in [0.05, 0.1) is 17.4 Å². The smallest absolute Gasteiger partial charge is 0.352 e. The molecule has 0 spiro atoms. The minimum absolute atomic E-state index is 0.0441. The van der Waals surface area contributed by atoms with Crippen molar-refractivity contribution in [1.29, 1.82) is 5.26 Å². The van der Waals surface area contributed by atoms with Crippen LogP contribution in [0.25, 0.3) is 10.9 Å². The summed E-state index contributed by atoms with van der Waals surface area (Å²) < 4.78 is 1.82. The predicted octanol–water partition coefficient (Wildman–Crippen LogP) is 3.70. The third-order valence-electron chi connectivity index (χ3n) is 8.68. The minimum atomic E-state index is -1.49. The highest BCUT2D eigenvalue weighted by Crippen LogP contribution is 2.49. The molecule has 2 fully saturated rings. The minimum Gasteiger partial charge on any atom is -0.477 e. The van der Waals surface area contributed by atoms with E-state index in [9.17, 15) is 24.8 Å². The number of rotatable bonds is 10. The van der Waals surface area contributed by atoms with Gasteiger partial charge in [-0.05, 0) is 69.5 Å². The van der Waals surface area contributed by atoms with Crippen molar-refractivity contribution < 1.29 is 19.5 Å². The number of carbonyl (C=O) groups excluding carboxylic acids is 2. The summed E-state index contributed by atoms with van der Waals surface area (Å²) in [6, 6.07) is 8.88. The first kappa shape index (κ1) is 28.6. The van der Waals surface area contributed by atoms with Gasteiger partial charge < -0.3 is 26.0 Å². The van der Waals surface area contributed by atoms with Crippen molar-refractivity contribution in [3.05, 3.63) is 35.5 Å². The molecule has 2 aliphatic rings. The summed E-state index contributed by atoms with van der Waals surface area (Å²) >= 11 is 0. The van der Waals surface area contributed by atoms with E-state index in [0.29, 0.717) is 49.1 Å². The molecule has 9 heteroatoms. The molecule has 1 aromatic heterocycles. The lowest BCUT2D eigenvalue weighted by Crippen LogP contribution is -2.56. The zero-order valence-electron chi connectivity index (χ0n) is 23.0. The second-order valence-corrected chi connectivity index (χ2v) is 11.6. The van der Waals surface area contributed by atoms with Gasteiger partial charge in [0.2, 0.25) is 11.8 Å². The molecular weight excluding hydrogens is 494 g/mol. The van der Waals surface area contributed by atoms with Crippen molar-refractivity contribution in [3.8, 4) is 6.07 Å². The molecule has 1 aliphatic carbocycles. The van der Waals surface area contributed by atoms with Gasteiger partial charge in [0, 0.05) is 23.0 Å². The summed E-state index contributed by atoms with van der Waals surface area (Å²) in [4.78, 5) is 40.3. The molecule has 1 saturated carbocycles. The van der Waals surface area contributed by atoms with Crippen molar-refractivity contribution in [2.45, 2.75) is 83.2 Å². The summed E-state index contributed by atoms with van der Waals surface area (Å²) in [5.41, 5.74) is 5.81. The summed E-state index contributed by atoms with van der Waals surface area (Å²) in [6.07, 6.45) is 5.42. The summed E-state index contributed by atoms with van der Waals surface area (Å²) in [6.45, 7) is 6.36. The summed E-state index contributed by atoms with van der Waals surface area (Å²) in [7, 11) is 0. The molecule has 1 saturated heterocycles. The Kier molecular flexibility index (Phi) is 8.96. The average molecular weight is 536 g/mol. The van der Waals surface area contributed by atoms with Crippen LogP contribution in [0.2, 0.25) is 0 Å². The fourth-order valence-electron chi connectivity index (χ4n) is 6.82. The van der Waals surface area contributed by atoms with Crippen LogP contribution in [0.3, 0.4) is 0 Å². The van der Waals surface area contributed by atoms with Gasteiger partial charge in [0.25, 0.3) is 0 Å². The molecule has 5 N–H and O–H groups in total. The molecule has 0 radical (unpaired) electrons. The molecule has 39 heavy (non-hydrogen) atoms. The quantitative estimate of drug-likeness (QED) is 0.364. The fraction of sp³-hybridized carbons (Fsp3) is 0.600. The van der Waals surface area contributed by atoms with E-state index in [1.807, 2.05) is 42.7 Å². The summed E-state index contributed by atoms with van der Waals surface area (Å²) in [5.74, 6) is -2.43. The summed E-state index contributed by atoms with van der Waals surface area (Å²) in [5, 5.41) is 27.1. The zero-order valence-corrected chi connectivity index (χ0v) is 23.0. The third-order valence-corrected chi connectivity index (χ3v) is 8.68. The molecule has 4 rings (SSSR count). The van der Waals surface area contributed by atoms with Crippen LogP contribution < -0.4 is 16.4 Å². The SMILES string of the molecule is CC(C)C[C@@H](C#N)NC(=O)[C@@H]1CCCC[C@@]1(C(N)=O)c1c(C(=O)O)n(CCC2CCNCC2)c2ccccc12. The molecule has 1 aliphatic heterocycles. The van der Waals surface area contributed by atoms with E-state index in [4.69, 9.17) is 5.73 Å². The van der Waals surface area contributed by atoms with E-state index in [0.717, 1.165) is 37.9 Å². The average Bonchev–Trinajstić information content (AvgIpc) is 3.26. The number of carboxylic acid groups (broad SMARTS) is 1. The van der Waals surface area contributed by atoms with Gasteiger partial charge in [0.15, 0.2) is 0 Å². The number of piperidine rings is 1. The maximum Gasteiger partial charge on any atom is 0.352 e. The number of aryl methyl sites for hydroxylation is 1. The standard InChI is InChI=1S/C30H41N5O4/c1-19(2)17-21(18-31)34-27(36)23-8-5-6-13-30(23,29(32)39)25-22-7-3-4-9-24(22)35(26(25)28(37)38)16-12-20-10-14-33-15-11-20/h3-4,7,9,19-21,23,33H,5-6,8,10-17H2,1-2H3,(H2,32,39)(H,34,36)(H,37,38)/t21-,23-,30-/m0/s1. The van der Waals surface area contributed by atoms with Gasteiger partial charge in [-0.15, -0.1) is 0 Å². The van der Waals surface area contributed by atoms with Crippen molar-refractivity contribution in [2.24, 2.45) is 23.5 Å². The molecule has 3 atom stereocenters. The lowest BCUT2D eigenvalue weighted by molar-refractivity contribution is -0.137. The number of hydrogen-bond acceptors (Lipinski definition) is 5. The Bertz CT molecular complexity index is 1260. The normalized spacial score (nSPS) is 22.9. The molecule has 9 nitrogen and oxygen atoms in total. The topological polar surface area (TPSA) is 150 Å². The molecular formula is C30H41N5O4. The highest BCUT2D eigenvalue weighted by molar-refractivity contribution is 6.06. The van der Waals surface area contributed by atoms with Crippen LogP contribution in [0.5, 0.6) is 0 Å². The monoisotopic (exact) mass is 535 g/mol. The number of carbonyl (C=O) groups is 3. The number of nitrogens with one attached hydrogen (secondary N) is 2. The Hall–Kier alpha value is -3.38. The molecule has 0 unspecified atom stereocenters. The maximum absolute atomic E-state index is 13.8. The number of nitriles is 1. The maximum atomic E-state index is 13.8. The molecule has 2 amide bonds. The van der Waals surface area contributed by atoms with Crippen LogP contribution in [-0.2, 0) is 21.5 Å². The number of primary amides is 1. The highest BCUT2D eigenvalue weighted by atomic mass is 16.4. The zero-order chi connectivity index (χ0) is 28.2. The van der Waals surface area contributed by atoms with Crippen molar-refractivity contribution in [1.82, 2.24) is 15.2 Å². The van der Waals surface area contributed by atoms with E-state index in [2.05, 4.69) is 16.7 Å². The van der Waals surface area contributed by atoms with E-state index in [1.54, 1.807) is 0 Å². The number of hydrogen-bond donors (Lipinski definition) is 4. The number of amides is 2. The molecule has 2 aromatic rings. The van der Waals surface area contributed by atoms with Crippen LogP contribution in [0, 0.1) is 29.1 Å². The van der Waals surface area contributed by atoms with Gasteiger partial charge in [-0.3, -0.25) is 9.59 Å². The Labute approximate surface area is 230 Å². The van der Waals surface area contributed by atoms with Crippen LogP contribution in [0.1, 0.15) is 81.3 Å². The van der Waals surface area contributed by atoms with E-state index in [-0.39, 0.29) is 18.0 Å². The second kappa shape index (κ2) is 12.2. The van der Waals surface area contributed by atoms with E-state index in [1.165, 1.54) is 0 Å². The number of nitrogens with two attached hydrogens (primary N) is 1. The Morgan fingerprint density at radius 1 is 1.21 bits per heavy atom. The van der Waals surface area contributed by atoms with Gasteiger partial charge in [0.1, 0.15) is 11.7 Å². The molecule has 1 aromatic carbocycles. The van der Waals surface area contributed by atoms with Crippen LogP contribution >= 0.6 is 0 Å². The Balaban J connectivity index is 1.84. The third kappa shape index (κ3) is 5.67. The first-order valence-corrected chi connectivity index (χ1v) is 14.3. The van der Waals surface area contributed by atoms with Crippen molar-refractivity contribution in [3.63, 3.8) is 0 Å². The van der Waals surface area contributed by atoms with E-state index < -0.39 is 35.2 Å². The lowest BCUT2D eigenvalue weighted by atomic mass is 9.60. The number of aromatic nitrogens is 1. The van der Waals surface area contributed by atoms with Gasteiger partial charge >= 0.3 is 5.97 Å². The number of aromatic carboxylic acids is 1. The number of benzene rings is 1. The number of fused-ring (bicyclic) bond motifs is 1. The number of para-hydroxylation sites is 1. The predicted molar refractivity (Wildman–Crippen MR) is 149 cm³/mol. The van der Waals surface area contributed by atoms with Gasteiger partial charge in [-0.1, -0.05) is 44.9 Å². The first-order chi connectivity index (χ1) is 18.7. The van der Waals surface area contributed by atoms with E-state index >= 15 is 0 Å². The van der Waals surface area contributed by atoms with Crippen molar-refractivity contribution >= 4 is 28.7 Å². The second-order valence-electron chi connectivity index (χ2n) is 11.6. The Morgan fingerprint density at radius 2 is 1.92 bits per heavy atom. The molecule has 2 heterocycles. The lowest BCUT2D eigenvalue weighted by Gasteiger charge is -2.41. The first-order valence-electron chi connectivity index (χ1n) is 14.3. The molecule has 0 bridgehead atoms. The number of carboxylic acids is 1. The molecule has 210 valence electrons.